The van der Waals surface area contributed by atoms with Crippen LogP contribution in [-0.4, -0.2) is 24.9 Å². The smallest absolute Gasteiger partial charge is 0.209 e. The van der Waals surface area contributed by atoms with Gasteiger partial charge in [0.25, 0.3) is 0 Å². The van der Waals surface area contributed by atoms with Gasteiger partial charge >= 0.3 is 0 Å². The zero-order valence-electron chi connectivity index (χ0n) is 7.42. The fourth-order valence-electron chi connectivity index (χ4n) is 0.843. The first kappa shape index (κ1) is 10.2. The van der Waals surface area contributed by atoms with Gasteiger partial charge in [-0.15, -0.1) is 0 Å². The van der Waals surface area contributed by atoms with Gasteiger partial charge in [0.15, 0.2) is 0 Å². The van der Waals surface area contributed by atoms with Gasteiger partial charge in [-0.2, -0.15) is 0 Å². The van der Waals surface area contributed by atoms with Crippen molar-refractivity contribution in [3.63, 3.8) is 0 Å². The maximum absolute atomic E-state index is 10.1. The van der Waals surface area contributed by atoms with Crippen LogP contribution in [0.15, 0.2) is 12.2 Å². The highest BCUT2D eigenvalue weighted by molar-refractivity contribution is 5.46. The molecule has 0 fully saturated rings. The number of allylic oxidation sites excluding steroid dienone is 2. The molecule has 0 aliphatic heterocycles. The van der Waals surface area contributed by atoms with Crippen molar-refractivity contribution in [2.45, 2.75) is 26.2 Å². The van der Waals surface area contributed by atoms with Crippen molar-refractivity contribution in [2.24, 2.45) is 0 Å². The van der Waals surface area contributed by atoms with E-state index in [2.05, 4.69) is 12.2 Å². The van der Waals surface area contributed by atoms with Crippen LogP contribution in [0.3, 0.4) is 0 Å². The Labute approximate surface area is 68.9 Å². The third kappa shape index (κ3) is 7.10. The molecule has 0 aromatic rings. The first-order valence-electron chi connectivity index (χ1n) is 4.08. The van der Waals surface area contributed by atoms with E-state index in [0.29, 0.717) is 0 Å². The lowest BCUT2D eigenvalue weighted by Crippen LogP contribution is -2.16. The molecule has 2 heteroatoms. The largest absolute Gasteiger partial charge is 0.348 e. The van der Waals surface area contributed by atoms with Crippen molar-refractivity contribution in [3.8, 4) is 0 Å². The molecule has 0 saturated heterocycles. The van der Waals surface area contributed by atoms with E-state index >= 15 is 0 Å². The molecule has 0 bridgehead atoms. The highest BCUT2D eigenvalue weighted by atomic mass is 16.1. The number of unbranched alkanes of at least 4 members (excludes halogenated alkanes) is 2. The van der Waals surface area contributed by atoms with Crippen LogP contribution in [0.1, 0.15) is 26.2 Å². The number of amides is 1. The van der Waals surface area contributed by atoms with Crippen LogP contribution in [0.4, 0.5) is 0 Å². The maximum Gasteiger partial charge on any atom is 0.209 e. The highest BCUT2D eigenvalue weighted by Crippen LogP contribution is 1.96. The summed E-state index contributed by atoms with van der Waals surface area (Å²) < 4.78 is 0. The summed E-state index contributed by atoms with van der Waals surface area (Å²) in [5, 5.41) is 0. The van der Waals surface area contributed by atoms with Gasteiger partial charge in [0.1, 0.15) is 0 Å². The molecule has 0 radical (unpaired) electrons. The van der Waals surface area contributed by atoms with Crippen LogP contribution in [0.2, 0.25) is 0 Å². The van der Waals surface area contributed by atoms with Crippen LogP contribution in [-0.2, 0) is 4.79 Å². The van der Waals surface area contributed by atoms with Gasteiger partial charge in [-0.25, -0.2) is 0 Å². The molecule has 0 aliphatic carbocycles. The van der Waals surface area contributed by atoms with Crippen LogP contribution >= 0.6 is 0 Å². The molecule has 11 heavy (non-hydrogen) atoms. The monoisotopic (exact) mass is 155 g/mol. The van der Waals surface area contributed by atoms with E-state index in [0.717, 1.165) is 25.8 Å². The molecular weight excluding hydrogens is 138 g/mol. The number of carbonyl (C=O) groups excluding carboxylic acids is 1. The van der Waals surface area contributed by atoms with E-state index in [1.165, 1.54) is 6.42 Å². The van der Waals surface area contributed by atoms with E-state index in [4.69, 9.17) is 0 Å². The summed E-state index contributed by atoms with van der Waals surface area (Å²) >= 11 is 0. The van der Waals surface area contributed by atoms with Crippen molar-refractivity contribution < 1.29 is 4.79 Å². The number of hydrogen-bond donors (Lipinski definition) is 0. The molecule has 0 heterocycles. The minimum Gasteiger partial charge on any atom is -0.348 e. The average molecular weight is 155 g/mol. The summed E-state index contributed by atoms with van der Waals surface area (Å²) in [4.78, 5) is 11.8. The Morgan fingerprint density at radius 1 is 1.36 bits per heavy atom. The summed E-state index contributed by atoms with van der Waals surface area (Å²) in [6.07, 6.45) is 8.48. The fraction of sp³-hybridized carbons (Fsp3) is 0.667. The number of nitrogens with zero attached hydrogens (tertiary/aromatic N) is 1. The second kappa shape index (κ2) is 7.32. The lowest BCUT2D eigenvalue weighted by Gasteiger charge is -2.08. The van der Waals surface area contributed by atoms with E-state index in [1.807, 2.05) is 14.0 Å². The molecule has 2 nitrogen and oxygen atoms in total. The normalized spacial score (nSPS) is 10.4. The van der Waals surface area contributed by atoms with Gasteiger partial charge < -0.3 is 4.90 Å². The second-order valence-electron chi connectivity index (χ2n) is 2.65. The summed E-state index contributed by atoms with van der Waals surface area (Å²) in [5.41, 5.74) is 0. The lowest BCUT2D eigenvalue weighted by molar-refractivity contribution is -0.117. The zero-order valence-corrected chi connectivity index (χ0v) is 7.42. The van der Waals surface area contributed by atoms with Gasteiger partial charge in [-0.05, 0) is 26.2 Å². The summed E-state index contributed by atoms with van der Waals surface area (Å²) in [7, 11) is 1.81. The quantitative estimate of drug-likeness (QED) is 0.325. The molecule has 1 amide bonds. The first-order chi connectivity index (χ1) is 5.31. The maximum atomic E-state index is 10.1. The highest BCUT2D eigenvalue weighted by Gasteiger charge is 1.90. The molecule has 0 atom stereocenters. The van der Waals surface area contributed by atoms with Crippen LogP contribution < -0.4 is 0 Å². The van der Waals surface area contributed by atoms with Crippen LogP contribution in [0, 0.1) is 0 Å². The van der Waals surface area contributed by atoms with Crippen molar-refractivity contribution in [1.82, 2.24) is 4.90 Å². The Hall–Kier alpha value is -0.790. The van der Waals surface area contributed by atoms with Gasteiger partial charge in [-0.3, -0.25) is 4.79 Å². The summed E-state index contributed by atoms with van der Waals surface area (Å²) in [6, 6.07) is 0. The van der Waals surface area contributed by atoms with Crippen LogP contribution in [0.25, 0.3) is 0 Å². The summed E-state index contributed by atoms with van der Waals surface area (Å²) in [6.45, 7) is 2.90. The van der Waals surface area contributed by atoms with Crippen molar-refractivity contribution in [2.75, 3.05) is 13.6 Å². The van der Waals surface area contributed by atoms with Crippen molar-refractivity contribution in [1.29, 1.82) is 0 Å². The SMILES string of the molecule is CC=CCCCCN(C)C=O. The van der Waals surface area contributed by atoms with Gasteiger partial charge in [0.2, 0.25) is 6.41 Å². The minimum absolute atomic E-state index is 0.871. The third-order valence-corrected chi connectivity index (χ3v) is 1.55. The molecular formula is C9H17NO. The Morgan fingerprint density at radius 3 is 2.64 bits per heavy atom. The Kier molecular flexibility index (Phi) is 6.79. The number of rotatable bonds is 6. The minimum atomic E-state index is 0.871. The Morgan fingerprint density at radius 2 is 2.09 bits per heavy atom. The van der Waals surface area contributed by atoms with E-state index in [9.17, 15) is 4.79 Å². The molecule has 0 unspecified atom stereocenters. The van der Waals surface area contributed by atoms with Crippen molar-refractivity contribution >= 4 is 6.41 Å². The van der Waals surface area contributed by atoms with Gasteiger partial charge in [0.05, 0.1) is 0 Å². The molecule has 64 valence electrons. The molecule has 0 rings (SSSR count). The van der Waals surface area contributed by atoms with Gasteiger partial charge in [0, 0.05) is 13.6 Å². The predicted octanol–water partition coefficient (Wildman–Crippen LogP) is 1.82. The molecule has 0 N–H and O–H groups in total. The van der Waals surface area contributed by atoms with Crippen LogP contribution in [0.5, 0.6) is 0 Å². The topological polar surface area (TPSA) is 20.3 Å². The zero-order chi connectivity index (χ0) is 8.53. The second-order valence-corrected chi connectivity index (χ2v) is 2.65. The number of carbonyl (C=O) groups is 1. The van der Waals surface area contributed by atoms with Crippen molar-refractivity contribution in [3.05, 3.63) is 12.2 Å². The average Bonchev–Trinajstić information content (AvgIpc) is 2.04. The van der Waals surface area contributed by atoms with Gasteiger partial charge in [-0.1, -0.05) is 12.2 Å². The Balaban J connectivity index is 3.07. The first-order valence-corrected chi connectivity index (χ1v) is 4.08. The van der Waals surface area contributed by atoms with E-state index in [1.54, 1.807) is 4.90 Å². The number of hydrogen-bond acceptors (Lipinski definition) is 1. The molecule has 0 spiro atoms. The summed E-state index contributed by atoms with van der Waals surface area (Å²) in [5.74, 6) is 0. The Bertz CT molecular complexity index is 121. The van der Waals surface area contributed by atoms with E-state index < -0.39 is 0 Å². The fourth-order valence-corrected chi connectivity index (χ4v) is 0.843. The molecule has 0 aromatic heterocycles. The predicted molar refractivity (Wildman–Crippen MR) is 47.4 cm³/mol. The lowest BCUT2D eigenvalue weighted by atomic mass is 10.2. The molecule has 0 saturated carbocycles. The molecule has 0 aliphatic rings. The van der Waals surface area contributed by atoms with E-state index in [-0.39, 0.29) is 0 Å². The molecule has 0 aromatic carbocycles. The standard InChI is InChI=1S/C9H17NO/c1-3-4-5-6-7-8-10(2)9-11/h3-4,9H,5-8H2,1-2H3. The third-order valence-electron chi connectivity index (χ3n) is 1.55.